The summed E-state index contributed by atoms with van der Waals surface area (Å²) in [6.07, 6.45) is 17.4. The molecule has 152 valence electrons. The van der Waals surface area contributed by atoms with E-state index in [0.29, 0.717) is 13.2 Å². The Hall–Kier alpha value is -0.670. The molecule has 0 spiro atoms. The first kappa shape index (κ1) is 23.4. The molecule has 2 saturated carbocycles. The summed E-state index contributed by atoms with van der Waals surface area (Å²) in [6, 6.07) is 0. The van der Waals surface area contributed by atoms with E-state index in [1.807, 2.05) is 6.79 Å². The Kier molecular flexibility index (Phi) is 12.9. The number of nitrogens with two attached hydrogens (primary N) is 1. The summed E-state index contributed by atoms with van der Waals surface area (Å²) in [7, 11) is 0. The first-order valence-corrected chi connectivity index (χ1v) is 11.0. The molecule has 0 aromatic carbocycles. The third-order valence-corrected chi connectivity index (χ3v) is 6.61. The molecule has 0 radical (unpaired) electrons. The number of carbonyl (C=O) groups excluding carboxylic acids is 1. The zero-order valence-electron chi connectivity index (χ0n) is 17.2. The highest BCUT2D eigenvalue weighted by Crippen LogP contribution is 2.42. The zero-order chi connectivity index (χ0) is 19.2. The van der Waals surface area contributed by atoms with Gasteiger partial charge in [0.15, 0.2) is 0 Å². The maximum atomic E-state index is 8.00. The molecule has 0 aromatic heterocycles. The van der Waals surface area contributed by atoms with E-state index < -0.39 is 0 Å². The Morgan fingerprint density at radius 3 is 1.96 bits per heavy atom. The summed E-state index contributed by atoms with van der Waals surface area (Å²) in [6.45, 7) is 10.3. The second-order valence-electron chi connectivity index (χ2n) is 8.53. The fraction of sp³-hybridized carbons (Fsp3) is 0.870. The van der Waals surface area contributed by atoms with Gasteiger partial charge in [-0.15, -0.1) is 0 Å². The minimum atomic E-state index is 0.549. The third kappa shape index (κ3) is 8.81. The van der Waals surface area contributed by atoms with Gasteiger partial charge < -0.3 is 15.3 Å². The summed E-state index contributed by atoms with van der Waals surface area (Å²) in [5, 5.41) is 0. The minimum absolute atomic E-state index is 0.549. The van der Waals surface area contributed by atoms with E-state index in [2.05, 4.69) is 13.5 Å². The average molecular weight is 366 g/mol. The molecule has 0 unspecified atom stereocenters. The van der Waals surface area contributed by atoms with Crippen LogP contribution in [0.3, 0.4) is 0 Å². The minimum Gasteiger partial charge on any atom is -0.377 e. The molecular weight excluding hydrogens is 322 g/mol. The van der Waals surface area contributed by atoms with Crippen LogP contribution in [0.5, 0.6) is 0 Å². The van der Waals surface area contributed by atoms with Gasteiger partial charge in [0.05, 0.1) is 6.61 Å². The molecule has 2 aliphatic carbocycles. The fourth-order valence-electron chi connectivity index (χ4n) is 4.89. The van der Waals surface area contributed by atoms with Gasteiger partial charge in [-0.2, -0.15) is 0 Å². The molecule has 0 saturated heterocycles. The lowest BCUT2D eigenvalue weighted by atomic mass is 9.69. The Labute approximate surface area is 162 Å². The van der Waals surface area contributed by atoms with Gasteiger partial charge in [0.1, 0.15) is 6.79 Å². The van der Waals surface area contributed by atoms with Gasteiger partial charge in [0.2, 0.25) is 0 Å². The predicted molar refractivity (Wildman–Crippen MR) is 111 cm³/mol. The van der Waals surface area contributed by atoms with Crippen molar-refractivity contribution in [2.24, 2.45) is 29.4 Å². The van der Waals surface area contributed by atoms with E-state index >= 15 is 0 Å². The van der Waals surface area contributed by atoms with Crippen LogP contribution >= 0.6 is 0 Å². The molecule has 3 nitrogen and oxygen atoms in total. The summed E-state index contributed by atoms with van der Waals surface area (Å²) >= 11 is 0. The largest absolute Gasteiger partial charge is 0.377 e. The number of carbonyl (C=O) groups is 1. The van der Waals surface area contributed by atoms with E-state index in [1.54, 1.807) is 0 Å². The van der Waals surface area contributed by atoms with Gasteiger partial charge in [0.25, 0.3) is 0 Å². The van der Waals surface area contributed by atoms with Crippen LogP contribution in [-0.4, -0.2) is 26.5 Å². The lowest BCUT2D eigenvalue weighted by Crippen LogP contribution is -2.27. The SMILES string of the molecule is C=C(CN)COCC1CCC(C2CCC(CCCCC)CC2)CC1.C=O. The molecule has 2 N–H and O–H groups in total. The highest BCUT2D eigenvalue weighted by atomic mass is 16.5. The summed E-state index contributed by atoms with van der Waals surface area (Å²) in [5.74, 6) is 3.87. The normalized spacial score (nSPS) is 28.8. The molecule has 3 heteroatoms. The summed E-state index contributed by atoms with van der Waals surface area (Å²) in [5.41, 5.74) is 6.57. The maximum absolute atomic E-state index is 8.00. The summed E-state index contributed by atoms with van der Waals surface area (Å²) < 4.78 is 5.79. The monoisotopic (exact) mass is 365 g/mol. The quantitative estimate of drug-likeness (QED) is 0.409. The average Bonchev–Trinajstić information content (AvgIpc) is 2.71. The molecule has 2 fully saturated rings. The van der Waals surface area contributed by atoms with Crippen molar-refractivity contribution >= 4 is 6.79 Å². The van der Waals surface area contributed by atoms with E-state index in [-0.39, 0.29) is 0 Å². The first-order chi connectivity index (χ1) is 12.7. The predicted octanol–water partition coefficient (Wildman–Crippen LogP) is 5.53. The first-order valence-electron chi connectivity index (χ1n) is 11.0. The van der Waals surface area contributed by atoms with Crippen molar-refractivity contribution in [1.82, 2.24) is 0 Å². The Morgan fingerprint density at radius 2 is 1.46 bits per heavy atom. The van der Waals surface area contributed by atoms with Gasteiger partial charge in [-0.3, -0.25) is 0 Å². The number of rotatable bonds is 10. The van der Waals surface area contributed by atoms with E-state index in [0.717, 1.165) is 35.9 Å². The molecule has 0 aliphatic heterocycles. The van der Waals surface area contributed by atoms with Gasteiger partial charge in [0, 0.05) is 13.2 Å². The van der Waals surface area contributed by atoms with Crippen LogP contribution in [0.1, 0.15) is 84.0 Å². The molecule has 0 aromatic rings. The van der Waals surface area contributed by atoms with Crippen LogP contribution in [0, 0.1) is 23.7 Å². The molecule has 0 atom stereocenters. The number of hydrogen-bond donors (Lipinski definition) is 1. The van der Waals surface area contributed by atoms with Crippen molar-refractivity contribution in [1.29, 1.82) is 0 Å². The Bertz CT molecular complexity index is 355. The van der Waals surface area contributed by atoms with Crippen LogP contribution in [0.4, 0.5) is 0 Å². The number of unbranched alkanes of at least 4 members (excludes halogenated alkanes) is 2. The maximum Gasteiger partial charge on any atom is 0.106 e. The van der Waals surface area contributed by atoms with Gasteiger partial charge in [-0.25, -0.2) is 0 Å². The van der Waals surface area contributed by atoms with Crippen LogP contribution in [0.15, 0.2) is 12.2 Å². The van der Waals surface area contributed by atoms with Crippen molar-refractivity contribution in [2.45, 2.75) is 84.0 Å². The van der Waals surface area contributed by atoms with Gasteiger partial charge in [-0.1, -0.05) is 52.0 Å². The molecular formula is C23H43NO2. The van der Waals surface area contributed by atoms with E-state index in [9.17, 15) is 0 Å². The third-order valence-electron chi connectivity index (χ3n) is 6.61. The fourth-order valence-corrected chi connectivity index (χ4v) is 4.89. The molecule has 0 heterocycles. The van der Waals surface area contributed by atoms with Crippen molar-refractivity contribution in [3.8, 4) is 0 Å². The molecule has 2 rings (SSSR count). The topological polar surface area (TPSA) is 52.3 Å². The van der Waals surface area contributed by atoms with Crippen LogP contribution in [0.25, 0.3) is 0 Å². The van der Waals surface area contributed by atoms with Crippen molar-refractivity contribution < 1.29 is 9.53 Å². The smallest absolute Gasteiger partial charge is 0.106 e. The molecule has 2 aliphatic rings. The van der Waals surface area contributed by atoms with Crippen molar-refractivity contribution in [3.05, 3.63) is 12.2 Å². The van der Waals surface area contributed by atoms with Crippen LogP contribution in [0.2, 0.25) is 0 Å². The molecule has 26 heavy (non-hydrogen) atoms. The second kappa shape index (κ2) is 14.4. The molecule has 0 amide bonds. The summed E-state index contributed by atoms with van der Waals surface area (Å²) in [4.78, 5) is 8.00. The Morgan fingerprint density at radius 1 is 0.923 bits per heavy atom. The van der Waals surface area contributed by atoms with Crippen LogP contribution < -0.4 is 5.73 Å². The molecule has 0 bridgehead atoms. The lowest BCUT2D eigenvalue weighted by molar-refractivity contribution is -0.0979. The zero-order valence-corrected chi connectivity index (χ0v) is 17.2. The lowest BCUT2D eigenvalue weighted by Gasteiger charge is -2.38. The highest BCUT2D eigenvalue weighted by Gasteiger charge is 2.30. The number of ether oxygens (including phenoxy) is 1. The standard InChI is InChI=1S/C22H41NO.CH2O/c1-3-4-5-6-19-7-11-21(12-8-19)22-13-9-20(10-14-22)17-24-16-18(2)15-23;1-2/h19-22H,2-17,23H2,1H3;1H2. The van der Waals surface area contributed by atoms with E-state index in [4.69, 9.17) is 15.3 Å². The Balaban J connectivity index is 0.00000163. The van der Waals surface area contributed by atoms with Gasteiger partial charge >= 0.3 is 0 Å². The van der Waals surface area contributed by atoms with Gasteiger partial charge in [-0.05, 0) is 67.8 Å². The van der Waals surface area contributed by atoms with E-state index in [1.165, 1.54) is 77.0 Å². The highest BCUT2D eigenvalue weighted by molar-refractivity contribution is 5.11. The van der Waals surface area contributed by atoms with Crippen molar-refractivity contribution in [3.63, 3.8) is 0 Å². The van der Waals surface area contributed by atoms with Crippen molar-refractivity contribution in [2.75, 3.05) is 19.8 Å². The second-order valence-corrected chi connectivity index (χ2v) is 8.53. The number of hydrogen-bond acceptors (Lipinski definition) is 3. The van der Waals surface area contributed by atoms with Crippen LogP contribution in [-0.2, 0) is 9.53 Å².